The summed E-state index contributed by atoms with van der Waals surface area (Å²) in [4.78, 5) is 25.6. The van der Waals surface area contributed by atoms with Gasteiger partial charge in [-0.25, -0.2) is 9.59 Å². The molecule has 2 saturated heterocycles. The molecule has 0 aromatic heterocycles. The zero-order chi connectivity index (χ0) is 12.8. The van der Waals surface area contributed by atoms with E-state index >= 15 is 0 Å². The number of likely N-dealkylation sites (tertiary alicyclic amines) is 1. The predicted molar refractivity (Wildman–Crippen MR) is 59.9 cm³/mol. The van der Waals surface area contributed by atoms with Gasteiger partial charge < -0.3 is 14.7 Å². The zero-order valence-electron chi connectivity index (χ0n) is 10.3. The topological polar surface area (TPSA) is 69.9 Å². The lowest BCUT2D eigenvalue weighted by Gasteiger charge is -2.21. The van der Waals surface area contributed by atoms with Crippen LogP contribution in [0.1, 0.15) is 27.2 Å². The highest BCUT2D eigenvalue weighted by molar-refractivity contribution is 5.73. The standard InChI is InChI=1S/C11H18N2O4/c1-11(2,3)17-10(16)13-7-4-5-12(9(14)15)6-8(7)13/h7-8H,4-6H2,1-3H3,(H,14,15). The molecule has 2 rings (SSSR count). The second-order valence-corrected chi connectivity index (χ2v) is 5.54. The lowest BCUT2D eigenvalue weighted by atomic mass is 10.1. The maximum Gasteiger partial charge on any atom is 0.410 e. The highest BCUT2D eigenvalue weighted by Gasteiger charge is 2.55. The number of hydrogen-bond acceptors (Lipinski definition) is 3. The Morgan fingerprint density at radius 3 is 2.47 bits per heavy atom. The fraction of sp³-hybridized carbons (Fsp3) is 0.818. The molecule has 0 radical (unpaired) electrons. The summed E-state index contributed by atoms with van der Waals surface area (Å²) < 4.78 is 5.27. The fourth-order valence-electron chi connectivity index (χ4n) is 2.24. The van der Waals surface area contributed by atoms with Crippen LogP contribution in [0, 0.1) is 0 Å². The van der Waals surface area contributed by atoms with Crippen molar-refractivity contribution in [2.24, 2.45) is 0 Å². The van der Waals surface area contributed by atoms with Gasteiger partial charge in [-0.1, -0.05) is 0 Å². The predicted octanol–water partition coefficient (Wildman–Crippen LogP) is 1.36. The van der Waals surface area contributed by atoms with Crippen LogP contribution < -0.4 is 0 Å². The van der Waals surface area contributed by atoms with Crippen LogP contribution in [0.15, 0.2) is 0 Å². The van der Waals surface area contributed by atoms with Crippen LogP contribution >= 0.6 is 0 Å². The van der Waals surface area contributed by atoms with Gasteiger partial charge in [0.2, 0.25) is 0 Å². The first-order valence-electron chi connectivity index (χ1n) is 5.79. The number of carbonyl (C=O) groups is 2. The van der Waals surface area contributed by atoms with E-state index in [1.165, 1.54) is 4.90 Å². The Bertz CT molecular complexity index is 350. The summed E-state index contributed by atoms with van der Waals surface area (Å²) in [6.07, 6.45) is -0.546. The number of fused-ring (bicyclic) bond motifs is 1. The van der Waals surface area contributed by atoms with Crippen molar-refractivity contribution < 1.29 is 19.4 Å². The minimum Gasteiger partial charge on any atom is -0.465 e. The largest absolute Gasteiger partial charge is 0.465 e. The molecule has 0 bridgehead atoms. The van der Waals surface area contributed by atoms with Gasteiger partial charge in [-0.05, 0) is 27.2 Å². The average Bonchev–Trinajstić information content (AvgIpc) is 2.87. The third-order valence-electron chi connectivity index (χ3n) is 3.05. The Balaban J connectivity index is 1.91. The van der Waals surface area contributed by atoms with Gasteiger partial charge in [-0.2, -0.15) is 0 Å². The number of carbonyl (C=O) groups excluding carboxylic acids is 1. The Morgan fingerprint density at radius 2 is 1.94 bits per heavy atom. The molecule has 6 heteroatoms. The molecule has 2 aliphatic rings. The summed E-state index contributed by atoms with van der Waals surface area (Å²) in [5.74, 6) is 0. The first kappa shape index (κ1) is 12.0. The van der Waals surface area contributed by atoms with Crippen molar-refractivity contribution in [1.82, 2.24) is 9.80 Å². The van der Waals surface area contributed by atoms with E-state index in [1.807, 2.05) is 20.8 Å². The van der Waals surface area contributed by atoms with Gasteiger partial charge in [-0.15, -0.1) is 0 Å². The minimum absolute atomic E-state index is 0.00898. The summed E-state index contributed by atoms with van der Waals surface area (Å²) >= 11 is 0. The van der Waals surface area contributed by atoms with Gasteiger partial charge in [0.1, 0.15) is 5.60 Å². The van der Waals surface area contributed by atoms with Gasteiger partial charge in [0.25, 0.3) is 0 Å². The Hall–Kier alpha value is -1.46. The van der Waals surface area contributed by atoms with Crippen molar-refractivity contribution in [3.8, 4) is 0 Å². The Kier molecular flexibility index (Phi) is 2.67. The molecule has 0 aliphatic carbocycles. The van der Waals surface area contributed by atoms with Crippen molar-refractivity contribution in [3.05, 3.63) is 0 Å². The molecular weight excluding hydrogens is 224 g/mol. The van der Waals surface area contributed by atoms with Gasteiger partial charge in [0.05, 0.1) is 12.1 Å². The molecule has 2 amide bonds. The third kappa shape index (κ3) is 2.45. The molecule has 0 saturated carbocycles. The fourth-order valence-corrected chi connectivity index (χ4v) is 2.24. The molecule has 2 aliphatic heterocycles. The number of amides is 2. The highest BCUT2D eigenvalue weighted by atomic mass is 16.6. The Labute approximate surface area is 100 Å². The molecule has 17 heavy (non-hydrogen) atoms. The second-order valence-electron chi connectivity index (χ2n) is 5.54. The molecule has 96 valence electrons. The average molecular weight is 242 g/mol. The van der Waals surface area contributed by atoms with E-state index in [4.69, 9.17) is 9.84 Å². The van der Waals surface area contributed by atoms with Crippen LogP contribution in [0.3, 0.4) is 0 Å². The highest BCUT2D eigenvalue weighted by Crippen LogP contribution is 2.36. The van der Waals surface area contributed by atoms with Crippen molar-refractivity contribution in [2.45, 2.75) is 44.9 Å². The van der Waals surface area contributed by atoms with Crippen LogP contribution in [0.4, 0.5) is 9.59 Å². The number of piperidine rings is 1. The Morgan fingerprint density at radius 1 is 1.29 bits per heavy atom. The summed E-state index contributed by atoms with van der Waals surface area (Å²) in [6.45, 7) is 6.36. The van der Waals surface area contributed by atoms with Crippen molar-refractivity contribution in [1.29, 1.82) is 0 Å². The number of hydrogen-bond donors (Lipinski definition) is 1. The maximum atomic E-state index is 11.8. The van der Waals surface area contributed by atoms with E-state index in [0.29, 0.717) is 19.5 Å². The van der Waals surface area contributed by atoms with Crippen molar-refractivity contribution in [3.63, 3.8) is 0 Å². The normalized spacial score (nSPS) is 27.5. The van der Waals surface area contributed by atoms with E-state index in [9.17, 15) is 9.59 Å². The van der Waals surface area contributed by atoms with Gasteiger partial charge >= 0.3 is 12.2 Å². The van der Waals surface area contributed by atoms with Crippen LogP contribution in [-0.4, -0.2) is 57.9 Å². The molecule has 2 heterocycles. The minimum atomic E-state index is -0.917. The van der Waals surface area contributed by atoms with Crippen LogP contribution in [0.2, 0.25) is 0 Å². The van der Waals surface area contributed by atoms with E-state index in [-0.39, 0.29) is 18.2 Å². The number of nitrogens with zero attached hydrogens (tertiary/aromatic N) is 2. The molecular formula is C11H18N2O4. The first-order valence-corrected chi connectivity index (χ1v) is 5.79. The number of ether oxygens (including phenoxy) is 1. The lowest BCUT2D eigenvalue weighted by molar-refractivity contribution is 0.0393. The monoisotopic (exact) mass is 242 g/mol. The first-order chi connectivity index (χ1) is 7.79. The molecule has 2 unspecified atom stereocenters. The van der Waals surface area contributed by atoms with Crippen molar-refractivity contribution >= 4 is 12.2 Å². The third-order valence-corrected chi connectivity index (χ3v) is 3.05. The van der Waals surface area contributed by atoms with Gasteiger partial charge in [-0.3, -0.25) is 4.90 Å². The quantitative estimate of drug-likeness (QED) is 0.651. The van der Waals surface area contributed by atoms with E-state index in [1.54, 1.807) is 4.90 Å². The molecule has 2 fully saturated rings. The molecule has 0 aromatic carbocycles. The smallest absolute Gasteiger partial charge is 0.410 e. The number of carboxylic acid groups (broad SMARTS) is 1. The van der Waals surface area contributed by atoms with Crippen LogP contribution in [-0.2, 0) is 4.74 Å². The summed E-state index contributed by atoms with van der Waals surface area (Å²) in [5.41, 5.74) is -0.505. The number of rotatable bonds is 0. The van der Waals surface area contributed by atoms with E-state index in [0.717, 1.165) is 0 Å². The lowest BCUT2D eigenvalue weighted by Crippen LogP contribution is -2.38. The van der Waals surface area contributed by atoms with Crippen LogP contribution in [0.5, 0.6) is 0 Å². The van der Waals surface area contributed by atoms with E-state index < -0.39 is 11.7 Å². The van der Waals surface area contributed by atoms with Crippen LogP contribution in [0.25, 0.3) is 0 Å². The van der Waals surface area contributed by atoms with Gasteiger partial charge in [0, 0.05) is 13.1 Å². The molecule has 2 atom stereocenters. The summed E-state index contributed by atoms with van der Waals surface area (Å²) in [7, 11) is 0. The summed E-state index contributed by atoms with van der Waals surface area (Å²) in [6, 6.07) is 0.176. The molecule has 0 spiro atoms. The second kappa shape index (κ2) is 3.78. The van der Waals surface area contributed by atoms with Gasteiger partial charge in [0.15, 0.2) is 0 Å². The zero-order valence-corrected chi connectivity index (χ0v) is 10.3. The SMILES string of the molecule is CC(C)(C)OC(=O)N1C2CCN(C(=O)O)CC21. The maximum absolute atomic E-state index is 11.8. The molecule has 0 aromatic rings. The molecule has 1 N–H and O–H groups in total. The summed E-state index contributed by atoms with van der Waals surface area (Å²) in [5, 5.41) is 8.88. The van der Waals surface area contributed by atoms with E-state index in [2.05, 4.69) is 0 Å². The molecule has 6 nitrogen and oxygen atoms in total. The van der Waals surface area contributed by atoms with Crippen molar-refractivity contribution in [2.75, 3.05) is 13.1 Å².